The number of nitrogens with one attached hydrogen (secondary N) is 1. The van der Waals surface area contributed by atoms with Gasteiger partial charge in [0.2, 0.25) is 0 Å². The highest BCUT2D eigenvalue weighted by Crippen LogP contribution is 2.36. The Morgan fingerprint density at radius 3 is 2.70 bits per heavy atom. The molecule has 0 unspecified atom stereocenters. The predicted molar refractivity (Wildman–Crippen MR) is 84.0 cm³/mol. The van der Waals surface area contributed by atoms with E-state index in [4.69, 9.17) is 10.5 Å². The van der Waals surface area contributed by atoms with Gasteiger partial charge in [-0.05, 0) is 50.0 Å². The summed E-state index contributed by atoms with van der Waals surface area (Å²) in [5.74, 6) is 0.540. The number of hydrogen-bond acceptors (Lipinski definition) is 6. The molecule has 0 radical (unpaired) electrons. The minimum atomic E-state index is -0.233. The summed E-state index contributed by atoms with van der Waals surface area (Å²) in [6.07, 6.45) is 3.50. The molecule has 0 saturated carbocycles. The molecule has 0 saturated heterocycles. The van der Waals surface area contributed by atoms with Crippen LogP contribution in [0.25, 0.3) is 11.1 Å². The largest absolute Gasteiger partial charge is 0.382 e. The van der Waals surface area contributed by atoms with Crippen LogP contribution in [0, 0.1) is 0 Å². The molecule has 20 heavy (non-hydrogen) atoms. The molecule has 2 rings (SSSR count). The molecule has 108 valence electrons. The molecule has 0 fully saturated rings. The van der Waals surface area contributed by atoms with Crippen molar-refractivity contribution in [3.63, 3.8) is 0 Å². The molecule has 0 aliphatic rings. The van der Waals surface area contributed by atoms with Crippen molar-refractivity contribution in [1.29, 1.82) is 0 Å². The van der Waals surface area contributed by atoms with Crippen molar-refractivity contribution in [2.75, 3.05) is 24.2 Å². The molecule has 0 aliphatic heterocycles. The van der Waals surface area contributed by atoms with E-state index in [9.17, 15) is 0 Å². The van der Waals surface area contributed by atoms with Crippen molar-refractivity contribution < 1.29 is 4.74 Å². The third-order valence-corrected chi connectivity index (χ3v) is 3.72. The van der Waals surface area contributed by atoms with Crippen LogP contribution in [-0.2, 0) is 4.74 Å². The fourth-order valence-electron chi connectivity index (χ4n) is 1.96. The predicted octanol–water partition coefficient (Wildman–Crippen LogP) is 3.01. The number of pyridine rings is 1. The highest BCUT2D eigenvalue weighted by atomic mass is 32.1. The van der Waals surface area contributed by atoms with Crippen LogP contribution in [0.2, 0.25) is 0 Å². The number of nitrogen functional groups attached to an aromatic ring is 1. The van der Waals surface area contributed by atoms with E-state index >= 15 is 0 Å². The summed E-state index contributed by atoms with van der Waals surface area (Å²) in [7, 11) is 0. The van der Waals surface area contributed by atoms with Crippen LogP contribution in [0.5, 0.6) is 0 Å². The zero-order valence-electron chi connectivity index (χ0n) is 12.0. The number of nitrogens with zero attached hydrogens (tertiary/aromatic N) is 2. The van der Waals surface area contributed by atoms with Crippen LogP contribution in [0.1, 0.15) is 20.8 Å². The Balaban J connectivity index is 2.18. The minimum Gasteiger partial charge on any atom is -0.382 e. The first kappa shape index (κ1) is 14.7. The van der Waals surface area contributed by atoms with Crippen LogP contribution in [-0.4, -0.2) is 28.1 Å². The lowest BCUT2D eigenvalue weighted by Crippen LogP contribution is -2.33. The number of nitrogens with two attached hydrogens (primary N) is 1. The molecule has 0 aromatic carbocycles. The molecule has 0 atom stereocenters. The second kappa shape index (κ2) is 6.19. The van der Waals surface area contributed by atoms with Crippen LogP contribution in [0.4, 0.5) is 10.8 Å². The Morgan fingerprint density at radius 2 is 2.05 bits per heavy atom. The summed E-state index contributed by atoms with van der Waals surface area (Å²) in [5.41, 5.74) is 7.70. The third kappa shape index (κ3) is 3.46. The molecular weight excluding hydrogens is 272 g/mol. The quantitative estimate of drug-likeness (QED) is 0.856. The van der Waals surface area contributed by atoms with E-state index in [-0.39, 0.29) is 5.60 Å². The second-order valence-corrected chi connectivity index (χ2v) is 5.83. The highest BCUT2D eigenvalue weighted by molar-refractivity contribution is 7.11. The van der Waals surface area contributed by atoms with Crippen molar-refractivity contribution in [3.8, 4) is 11.1 Å². The number of ether oxygens (including phenoxy) is 1. The van der Waals surface area contributed by atoms with E-state index in [0.717, 1.165) is 16.1 Å². The van der Waals surface area contributed by atoms with Gasteiger partial charge in [0.25, 0.3) is 0 Å². The van der Waals surface area contributed by atoms with E-state index in [1.165, 1.54) is 11.5 Å². The minimum absolute atomic E-state index is 0.233. The van der Waals surface area contributed by atoms with E-state index in [1.54, 1.807) is 12.4 Å². The topological polar surface area (TPSA) is 73.1 Å². The highest BCUT2D eigenvalue weighted by Gasteiger charge is 2.20. The molecule has 2 aromatic heterocycles. The Labute approximate surface area is 123 Å². The molecule has 0 aliphatic carbocycles. The first-order chi connectivity index (χ1) is 9.53. The van der Waals surface area contributed by atoms with Crippen LogP contribution in [0.15, 0.2) is 24.5 Å². The van der Waals surface area contributed by atoms with Crippen molar-refractivity contribution in [1.82, 2.24) is 9.36 Å². The standard InChI is InChI=1S/C14H20N4OS/c1-4-19-14(2,3)9-17-13-11(12(15)18-20-13)10-5-7-16-8-6-10/h5-8,17H,4,9H2,1-3H3,(H2,15,18). The SMILES string of the molecule is CCOC(C)(C)CNc1snc(N)c1-c1ccncc1. The summed E-state index contributed by atoms with van der Waals surface area (Å²) >= 11 is 1.37. The lowest BCUT2D eigenvalue weighted by molar-refractivity contribution is 0.000754. The smallest absolute Gasteiger partial charge is 0.147 e. The average molecular weight is 292 g/mol. The molecular formula is C14H20N4OS. The van der Waals surface area contributed by atoms with Crippen molar-refractivity contribution in [2.45, 2.75) is 26.4 Å². The molecule has 0 amide bonds. The summed E-state index contributed by atoms with van der Waals surface area (Å²) < 4.78 is 9.92. The summed E-state index contributed by atoms with van der Waals surface area (Å²) in [6.45, 7) is 7.49. The molecule has 5 nitrogen and oxygen atoms in total. The van der Waals surface area contributed by atoms with E-state index < -0.39 is 0 Å². The van der Waals surface area contributed by atoms with Crippen LogP contribution >= 0.6 is 11.5 Å². The lowest BCUT2D eigenvalue weighted by atomic mass is 10.1. The molecule has 0 bridgehead atoms. The molecule has 0 spiro atoms. The fraction of sp³-hybridized carbons (Fsp3) is 0.429. The second-order valence-electron chi connectivity index (χ2n) is 5.05. The maximum Gasteiger partial charge on any atom is 0.147 e. The normalized spacial score (nSPS) is 11.6. The Kier molecular flexibility index (Phi) is 4.57. The monoisotopic (exact) mass is 292 g/mol. The van der Waals surface area contributed by atoms with Gasteiger partial charge in [0.1, 0.15) is 10.8 Å². The van der Waals surface area contributed by atoms with E-state index in [1.807, 2.05) is 19.1 Å². The van der Waals surface area contributed by atoms with Gasteiger partial charge in [-0.25, -0.2) is 0 Å². The zero-order chi connectivity index (χ0) is 14.6. The molecule has 6 heteroatoms. The van der Waals surface area contributed by atoms with Gasteiger partial charge in [-0.2, -0.15) is 4.37 Å². The van der Waals surface area contributed by atoms with Gasteiger partial charge >= 0.3 is 0 Å². The molecule has 3 N–H and O–H groups in total. The Hall–Kier alpha value is -1.66. The zero-order valence-corrected chi connectivity index (χ0v) is 12.8. The number of anilines is 2. The van der Waals surface area contributed by atoms with Crippen molar-refractivity contribution >= 4 is 22.4 Å². The third-order valence-electron chi connectivity index (χ3n) is 2.90. The first-order valence-electron chi connectivity index (χ1n) is 6.57. The van der Waals surface area contributed by atoms with Gasteiger partial charge < -0.3 is 15.8 Å². The maximum atomic E-state index is 5.98. The molecule has 2 aromatic rings. The van der Waals surface area contributed by atoms with Gasteiger partial charge in [0, 0.05) is 25.5 Å². The van der Waals surface area contributed by atoms with E-state index in [0.29, 0.717) is 19.0 Å². The van der Waals surface area contributed by atoms with Gasteiger partial charge in [0.05, 0.1) is 11.2 Å². The number of hydrogen-bond donors (Lipinski definition) is 2. The Bertz CT molecular complexity index is 554. The fourth-order valence-corrected chi connectivity index (χ4v) is 2.69. The summed E-state index contributed by atoms with van der Waals surface area (Å²) in [4.78, 5) is 4.03. The van der Waals surface area contributed by atoms with Gasteiger partial charge in [-0.1, -0.05) is 0 Å². The average Bonchev–Trinajstić information content (AvgIpc) is 2.79. The first-order valence-corrected chi connectivity index (χ1v) is 7.34. The number of aromatic nitrogens is 2. The van der Waals surface area contributed by atoms with Crippen LogP contribution < -0.4 is 11.1 Å². The molecule has 2 heterocycles. The lowest BCUT2D eigenvalue weighted by Gasteiger charge is -2.25. The van der Waals surface area contributed by atoms with Crippen molar-refractivity contribution in [3.05, 3.63) is 24.5 Å². The van der Waals surface area contributed by atoms with Gasteiger partial charge in [-0.3, -0.25) is 4.98 Å². The van der Waals surface area contributed by atoms with Crippen molar-refractivity contribution in [2.24, 2.45) is 0 Å². The van der Waals surface area contributed by atoms with Gasteiger partial charge in [-0.15, -0.1) is 0 Å². The summed E-state index contributed by atoms with van der Waals surface area (Å²) in [5, 5.41) is 4.35. The summed E-state index contributed by atoms with van der Waals surface area (Å²) in [6, 6.07) is 3.86. The number of rotatable bonds is 6. The maximum absolute atomic E-state index is 5.98. The van der Waals surface area contributed by atoms with E-state index in [2.05, 4.69) is 28.5 Å². The van der Waals surface area contributed by atoms with Crippen LogP contribution in [0.3, 0.4) is 0 Å². The van der Waals surface area contributed by atoms with Gasteiger partial charge in [0.15, 0.2) is 0 Å². The Morgan fingerprint density at radius 1 is 1.35 bits per heavy atom.